The largest absolute Gasteiger partial charge is 0.331 e. The highest BCUT2D eigenvalue weighted by molar-refractivity contribution is 5.91. The van der Waals surface area contributed by atoms with E-state index < -0.39 is 0 Å². The summed E-state index contributed by atoms with van der Waals surface area (Å²) in [5, 5.41) is 0. The number of rotatable bonds is 5. The van der Waals surface area contributed by atoms with Gasteiger partial charge < -0.3 is 4.90 Å². The summed E-state index contributed by atoms with van der Waals surface area (Å²) in [5.41, 5.74) is 2.48. The molecule has 1 heterocycles. The van der Waals surface area contributed by atoms with Crippen molar-refractivity contribution in [3.63, 3.8) is 0 Å². The number of carbonyl (C=O) groups is 1. The fourth-order valence-electron chi connectivity index (χ4n) is 2.13. The number of benzene rings is 1. The van der Waals surface area contributed by atoms with Gasteiger partial charge in [-0.1, -0.05) is 43.7 Å². The van der Waals surface area contributed by atoms with Crippen molar-refractivity contribution in [3.8, 4) is 0 Å². The molecule has 0 aliphatic carbocycles. The van der Waals surface area contributed by atoms with E-state index >= 15 is 0 Å². The minimum atomic E-state index is 0.167. The Labute approximate surface area is 103 Å². The van der Waals surface area contributed by atoms with Crippen molar-refractivity contribution in [2.24, 2.45) is 0 Å². The maximum atomic E-state index is 11.8. The molecule has 0 spiro atoms. The van der Waals surface area contributed by atoms with E-state index in [2.05, 4.69) is 19.1 Å². The van der Waals surface area contributed by atoms with Crippen LogP contribution < -0.4 is 0 Å². The molecule has 2 rings (SSSR count). The molecular formula is C15H19NO. The van der Waals surface area contributed by atoms with Crippen LogP contribution >= 0.6 is 0 Å². The lowest BCUT2D eigenvalue weighted by molar-refractivity contribution is -0.125. The second-order valence-corrected chi connectivity index (χ2v) is 4.59. The third-order valence-corrected chi connectivity index (χ3v) is 3.10. The predicted molar refractivity (Wildman–Crippen MR) is 69.5 cm³/mol. The van der Waals surface area contributed by atoms with Gasteiger partial charge >= 0.3 is 0 Å². The summed E-state index contributed by atoms with van der Waals surface area (Å²) in [6.45, 7) is 3.72. The zero-order valence-corrected chi connectivity index (χ0v) is 10.4. The minimum Gasteiger partial charge on any atom is -0.331 e. The first-order valence-electron chi connectivity index (χ1n) is 6.32. The first-order valence-corrected chi connectivity index (χ1v) is 6.32. The van der Waals surface area contributed by atoms with E-state index in [9.17, 15) is 4.79 Å². The highest BCUT2D eigenvalue weighted by Crippen LogP contribution is 2.18. The van der Waals surface area contributed by atoms with Crippen LogP contribution in [0.3, 0.4) is 0 Å². The molecule has 0 unspecified atom stereocenters. The van der Waals surface area contributed by atoms with Crippen LogP contribution in [0.1, 0.15) is 31.7 Å². The zero-order valence-electron chi connectivity index (χ0n) is 10.4. The predicted octanol–water partition coefficient (Wildman–Crippen LogP) is 3.15. The molecule has 1 amide bonds. The number of unbranched alkanes of at least 4 members (excludes halogenated alkanes) is 1. The van der Waals surface area contributed by atoms with Crippen LogP contribution in [-0.2, 0) is 11.3 Å². The molecule has 17 heavy (non-hydrogen) atoms. The standard InChI is InChI=1S/C15H19NO/c1-2-3-7-14-10-15(17)16(12-14)11-13-8-5-4-6-9-13/h4-6,8-10H,2-3,7,11-12H2,1H3. The highest BCUT2D eigenvalue weighted by Gasteiger charge is 2.20. The van der Waals surface area contributed by atoms with Gasteiger partial charge in [0.2, 0.25) is 5.91 Å². The molecule has 0 radical (unpaired) electrons. The average molecular weight is 229 g/mol. The van der Waals surface area contributed by atoms with E-state index in [-0.39, 0.29) is 5.91 Å². The Morgan fingerprint density at radius 1 is 1.24 bits per heavy atom. The lowest BCUT2D eigenvalue weighted by Crippen LogP contribution is -2.25. The fraction of sp³-hybridized carbons (Fsp3) is 0.400. The van der Waals surface area contributed by atoms with E-state index in [4.69, 9.17) is 0 Å². The van der Waals surface area contributed by atoms with Gasteiger partial charge in [0.15, 0.2) is 0 Å². The lowest BCUT2D eigenvalue weighted by Gasteiger charge is -2.16. The van der Waals surface area contributed by atoms with Crippen LogP contribution in [-0.4, -0.2) is 17.4 Å². The van der Waals surface area contributed by atoms with Gasteiger partial charge in [0.25, 0.3) is 0 Å². The molecule has 0 saturated carbocycles. The molecule has 0 atom stereocenters. The van der Waals surface area contributed by atoms with Crippen molar-refractivity contribution in [2.45, 2.75) is 32.7 Å². The van der Waals surface area contributed by atoms with Crippen molar-refractivity contribution in [1.29, 1.82) is 0 Å². The number of nitrogens with zero attached hydrogens (tertiary/aromatic N) is 1. The topological polar surface area (TPSA) is 20.3 Å². The van der Waals surface area contributed by atoms with Crippen LogP contribution in [0.15, 0.2) is 42.0 Å². The van der Waals surface area contributed by atoms with Crippen molar-refractivity contribution in [2.75, 3.05) is 6.54 Å². The summed E-state index contributed by atoms with van der Waals surface area (Å²) in [6.07, 6.45) is 5.24. The van der Waals surface area contributed by atoms with Gasteiger partial charge in [-0.25, -0.2) is 0 Å². The smallest absolute Gasteiger partial charge is 0.247 e. The second-order valence-electron chi connectivity index (χ2n) is 4.59. The Hall–Kier alpha value is -1.57. The first kappa shape index (κ1) is 11.9. The summed E-state index contributed by atoms with van der Waals surface area (Å²) < 4.78 is 0. The van der Waals surface area contributed by atoms with Crippen LogP contribution in [0.25, 0.3) is 0 Å². The summed E-state index contributed by atoms with van der Waals surface area (Å²) in [6, 6.07) is 10.2. The molecule has 0 fully saturated rings. The fourth-order valence-corrected chi connectivity index (χ4v) is 2.13. The van der Waals surface area contributed by atoms with Crippen molar-refractivity contribution in [1.82, 2.24) is 4.90 Å². The maximum Gasteiger partial charge on any atom is 0.247 e. The third kappa shape index (κ3) is 3.19. The van der Waals surface area contributed by atoms with Crippen LogP contribution in [0, 0.1) is 0 Å². The van der Waals surface area contributed by atoms with E-state index in [1.165, 1.54) is 24.0 Å². The molecule has 0 aromatic heterocycles. The van der Waals surface area contributed by atoms with Crippen LogP contribution in [0.4, 0.5) is 0 Å². The molecule has 1 aromatic carbocycles. The van der Waals surface area contributed by atoms with Gasteiger partial charge in [-0.3, -0.25) is 4.79 Å². The van der Waals surface area contributed by atoms with Crippen molar-refractivity contribution in [3.05, 3.63) is 47.5 Å². The average Bonchev–Trinajstić information content (AvgIpc) is 2.69. The maximum absolute atomic E-state index is 11.8. The van der Waals surface area contributed by atoms with Gasteiger partial charge in [0.1, 0.15) is 0 Å². The second kappa shape index (κ2) is 5.67. The van der Waals surface area contributed by atoms with E-state index in [1.54, 1.807) is 0 Å². The lowest BCUT2D eigenvalue weighted by atomic mass is 10.1. The van der Waals surface area contributed by atoms with E-state index in [0.29, 0.717) is 0 Å². The SMILES string of the molecule is CCCCC1=CC(=O)N(Cc2ccccc2)C1. The molecule has 1 aromatic rings. The zero-order chi connectivity index (χ0) is 12.1. The van der Waals surface area contributed by atoms with E-state index in [1.807, 2.05) is 29.2 Å². The Kier molecular flexibility index (Phi) is 3.97. The Morgan fingerprint density at radius 3 is 2.71 bits per heavy atom. The summed E-state index contributed by atoms with van der Waals surface area (Å²) in [4.78, 5) is 13.7. The molecule has 2 nitrogen and oxygen atoms in total. The molecular weight excluding hydrogens is 210 g/mol. The number of carbonyl (C=O) groups excluding carboxylic acids is 1. The van der Waals surface area contributed by atoms with Crippen molar-refractivity contribution >= 4 is 5.91 Å². The van der Waals surface area contributed by atoms with Crippen molar-refractivity contribution < 1.29 is 4.79 Å². The molecule has 2 heteroatoms. The molecule has 90 valence electrons. The molecule has 1 aliphatic heterocycles. The summed E-state index contributed by atoms with van der Waals surface area (Å²) in [7, 11) is 0. The number of hydrogen-bond donors (Lipinski definition) is 0. The van der Waals surface area contributed by atoms with Gasteiger partial charge in [-0.05, 0) is 24.0 Å². The van der Waals surface area contributed by atoms with Gasteiger partial charge in [-0.15, -0.1) is 0 Å². The van der Waals surface area contributed by atoms with E-state index in [0.717, 1.165) is 19.5 Å². The highest BCUT2D eigenvalue weighted by atomic mass is 16.2. The first-order chi connectivity index (χ1) is 8.29. The quantitative estimate of drug-likeness (QED) is 0.759. The molecule has 0 saturated heterocycles. The number of amides is 1. The minimum absolute atomic E-state index is 0.167. The Bertz CT molecular complexity index is 408. The summed E-state index contributed by atoms with van der Waals surface area (Å²) >= 11 is 0. The van der Waals surface area contributed by atoms with Gasteiger partial charge in [0, 0.05) is 19.2 Å². The summed E-state index contributed by atoms with van der Waals surface area (Å²) in [5.74, 6) is 0.167. The Morgan fingerprint density at radius 2 is 2.00 bits per heavy atom. The molecule has 1 aliphatic rings. The van der Waals surface area contributed by atoms with Gasteiger partial charge in [-0.2, -0.15) is 0 Å². The van der Waals surface area contributed by atoms with Gasteiger partial charge in [0.05, 0.1) is 0 Å². The van der Waals surface area contributed by atoms with Crippen LogP contribution in [0.5, 0.6) is 0 Å². The monoisotopic (exact) mass is 229 g/mol. The third-order valence-electron chi connectivity index (χ3n) is 3.10. The molecule has 0 bridgehead atoms. The Balaban J connectivity index is 1.91. The normalized spacial score (nSPS) is 15.2. The van der Waals surface area contributed by atoms with Crippen LogP contribution in [0.2, 0.25) is 0 Å². The molecule has 0 N–H and O–H groups in total. The number of hydrogen-bond acceptors (Lipinski definition) is 1.